The Kier molecular flexibility index (Phi) is 1.27. The van der Waals surface area contributed by atoms with Crippen LogP contribution in [0.15, 0.2) is 0 Å². The summed E-state index contributed by atoms with van der Waals surface area (Å²) in [5, 5.41) is 5.67. The highest BCUT2D eigenvalue weighted by Crippen LogP contribution is 2.14. The van der Waals surface area contributed by atoms with Crippen molar-refractivity contribution in [2.45, 2.75) is 24.9 Å². The maximum absolute atomic E-state index is 5.67. The number of hydrogen-bond donors (Lipinski definition) is 1. The molecule has 0 aromatic heterocycles. The fourth-order valence-corrected chi connectivity index (χ4v) is 2.87. The van der Waals surface area contributed by atoms with Crippen LogP contribution in [0.3, 0.4) is 0 Å². The third-order valence-electron chi connectivity index (χ3n) is 1.40. The molecule has 0 aromatic carbocycles. The zero-order chi connectivity index (χ0) is 4.41. The molecule has 1 aliphatic rings. The molecule has 1 nitrogen and oxygen atoms in total. The van der Waals surface area contributed by atoms with E-state index < -0.39 is 8.96 Å². The Morgan fingerprint density at radius 2 is 1.67 bits per heavy atom. The van der Waals surface area contributed by atoms with Gasteiger partial charge in [0.2, 0.25) is 0 Å². The summed E-state index contributed by atoms with van der Waals surface area (Å²) in [5.41, 5.74) is 0. The monoisotopic (exact) mass is 101 g/mol. The summed E-state index contributed by atoms with van der Waals surface area (Å²) in [6.45, 7) is 0. The van der Waals surface area contributed by atoms with Gasteiger partial charge in [0.1, 0.15) is 8.96 Å². The first-order valence-corrected chi connectivity index (χ1v) is 4.95. The van der Waals surface area contributed by atoms with Crippen molar-refractivity contribution >= 4 is 8.96 Å². The lowest BCUT2D eigenvalue weighted by atomic mass is 10.4. The van der Waals surface area contributed by atoms with E-state index >= 15 is 0 Å². The average molecular weight is 101 g/mol. The lowest BCUT2D eigenvalue weighted by molar-refractivity contribution is 0.935. The van der Waals surface area contributed by atoms with Crippen molar-refractivity contribution in [1.82, 2.24) is 0 Å². The topological polar surface area (TPSA) is 26.0 Å². The van der Waals surface area contributed by atoms with E-state index in [1.54, 1.807) is 0 Å². The van der Waals surface area contributed by atoms with Crippen LogP contribution in [0.2, 0.25) is 12.1 Å². The first-order chi connectivity index (χ1) is 2.89. The molecule has 2 heteroatoms. The maximum atomic E-state index is 5.67. The molecule has 1 rings (SSSR count). The molecule has 0 unspecified atom stereocenters. The zero-order valence-electron chi connectivity index (χ0n) is 3.98. The summed E-state index contributed by atoms with van der Waals surface area (Å²) in [6, 6.07) is 2.81. The number of nitrogens with two attached hydrogens (primary N) is 1. The molecule has 36 valence electrons. The van der Waals surface area contributed by atoms with Gasteiger partial charge in [0.15, 0.2) is 0 Å². The Bertz CT molecular complexity index is 40.8. The van der Waals surface area contributed by atoms with Crippen molar-refractivity contribution < 1.29 is 0 Å². The predicted octanol–water partition coefficient (Wildman–Crippen LogP) is 0.463. The summed E-state index contributed by atoms with van der Waals surface area (Å²) in [6.07, 6.45) is 2.85. The van der Waals surface area contributed by atoms with Gasteiger partial charge in [-0.25, -0.2) is 0 Å². The van der Waals surface area contributed by atoms with E-state index in [-0.39, 0.29) is 0 Å². The van der Waals surface area contributed by atoms with Gasteiger partial charge in [0.05, 0.1) is 0 Å². The van der Waals surface area contributed by atoms with Crippen molar-refractivity contribution in [2.75, 3.05) is 0 Å². The van der Waals surface area contributed by atoms with Gasteiger partial charge in [-0.3, -0.25) is 0 Å². The molecule has 1 fully saturated rings. The molecule has 0 bridgehead atoms. The zero-order valence-corrected chi connectivity index (χ0v) is 5.14. The molecule has 2 N–H and O–H groups in total. The van der Waals surface area contributed by atoms with Gasteiger partial charge < -0.3 is 5.40 Å². The molecule has 0 saturated carbocycles. The van der Waals surface area contributed by atoms with E-state index in [1.807, 2.05) is 0 Å². The summed E-state index contributed by atoms with van der Waals surface area (Å²) in [7, 11) is -0.549. The van der Waals surface area contributed by atoms with Gasteiger partial charge in [-0.05, 0) is 12.1 Å². The fraction of sp³-hybridized carbons (Fsp3) is 1.00. The minimum Gasteiger partial charge on any atom is -0.353 e. The second-order valence-electron chi connectivity index (χ2n) is 2.04. The first kappa shape index (κ1) is 4.34. The van der Waals surface area contributed by atoms with Gasteiger partial charge in [0, 0.05) is 0 Å². The molecule has 0 spiro atoms. The maximum Gasteiger partial charge on any atom is 0.106 e. The first-order valence-electron chi connectivity index (χ1n) is 2.65. The molecular weight excluding hydrogens is 90.1 g/mol. The number of hydrogen-bond acceptors (Lipinski definition) is 1. The van der Waals surface area contributed by atoms with Gasteiger partial charge in [-0.1, -0.05) is 12.8 Å². The average Bonchev–Trinajstić information content (AvgIpc) is 1.86. The Labute approximate surface area is 40.2 Å². The summed E-state index contributed by atoms with van der Waals surface area (Å²) in [4.78, 5) is 0. The van der Waals surface area contributed by atoms with Crippen LogP contribution in [0.5, 0.6) is 0 Å². The highest BCUT2D eigenvalue weighted by molar-refractivity contribution is 6.55. The normalized spacial score (nSPS) is 25.5. The molecule has 0 radical (unpaired) electrons. The second-order valence-corrected chi connectivity index (χ2v) is 4.72. The Balaban J connectivity index is 2.18. The van der Waals surface area contributed by atoms with E-state index in [0.29, 0.717) is 0 Å². The van der Waals surface area contributed by atoms with Crippen LogP contribution in [0.1, 0.15) is 12.8 Å². The van der Waals surface area contributed by atoms with Crippen LogP contribution < -0.4 is 5.40 Å². The Hall–Kier alpha value is 0.177. The predicted molar refractivity (Wildman–Crippen MR) is 30.2 cm³/mol. The van der Waals surface area contributed by atoms with Crippen LogP contribution >= 0.6 is 0 Å². The SMILES string of the molecule is N[SiH]1CCCC1. The molecular formula is C4H11NSi. The van der Waals surface area contributed by atoms with Crippen LogP contribution in [-0.4, -0.2) is 8.96 Å². The Morgan fingerprint density at radius 3 is 1.83 bits per heavy atom. The van der Waals surface area contributed by atoms with Crippen molar-refractivity contribution in [2.24, 2.45) is 5.40 Å². The molecule has 0 aliphatic carbocycles. The van der Waals surface area contributed by atoms with Crippen molar-refractivity contribution in [3.05, 3.63) is 0 Å². The molecule has 0 atom stereocenters. The van der Waals surface area contributed by atoms with E-state index in [4.69, 9.17) is 5.40 Å². The molecule has 6 heavy (non-hydrogen) atoms. The minimum absolute atomic E-state index is 0.549. The van der Waals surface area contributed by atoms with Gasteiger partial charge in [-0.2, -0.15) is 0 Å². The van der Waals surface area contributed by atoms with Gasteiger partial charge in [0.25, 0.3) is 0 Å². The van der Waals surface area contributed by atoms with E-state index in [9.17, 15) is 0 Å². The third kappa shape index (κ3) is 0.818. The lowest BCUT2D eigenvalue weighted by Crippen LogP contribution is -2.19. The highest BCUT2D eigenvalue weighted by Gasteiger charge is 2.09. The van der Waals surface area contributed by atoms with Crippen molar-refractivity contribution in [3.63, 3.8) is 0 Å². The highest BCUT2D eigenvalue weighted by atomic mass is 28.3. The summed E-state index contributed by atoms with van der Waals surface area (Å²) >= 11 is 0. The van der Waals surface area contributed by atoms with E-state index in [2.05, 4.69) is 0 Å². The third-order valence-corrected chi connectivity index (χ3v) is 3.70. The van der Waals surface area contributed by atoms with E-state index in [1.165, 1.54) is 24.9 Å². The molecule has 1 heterocycles. The fourth-order valence-electron chi connectivity index (χ4n) is 0.957. The molecule has 1 saturated heterocycles. The van der Waals surface area contributed by atoms with Gasteiger partial charge in [-0.15, -0.1) is 0 Å². The van der Waals surface area contributed by atoms with Crippen LogP contribution in [-0.2, 0) is 0 Å². The van der Waals surface area contributed by atoms with E-state index in [0.717, 1.165) is 0 Å². The quantitative estimate of drug-likeness (QED) is 0.441. The van der Waals surface area contributed by atoms with Crippen molar-refractivity contribution in [3.8, 4) is 0 Å². The largest absolute Gasteiger partial charge is 0.353 e. The Morgan fingerprint density at radius 1 is 1.17 bits per heavy atom. The smallest absolute Gasteiger partial charge is 0.106 e. The lowest BCUT2D eigenvalue weighted by Gasteiger charge is -1.89. The van der Waals surface area contributed by atoms with Gasteiger partial charge >= 0.3 is 0 Å². The van der Waals surface area contributed by atoms with Crippen LogP contribution in [0, 0.1) is 0 Å². The number of rotatable bonds is 0. The standard InChI is InChI=1S/C4H11NSi/c5-6-3-1-2-4-6/h6H,1-5H2. The molecule has 0 amide bonds. The summed E-state index contributed by atoms with van der Waals surface area (Å²) in [5.74, 6) is 0. The van der Waals surface area contributed by atoms with Crippen molar-refractivity contribution in [1.29, 1.82) is 0 Å². The molecule has 1 aliphatic heterocycles. The second kappa shape index (κ2) is 1.75. The summed E-state index contributed by atoms with van der Waals surface area (Å²) < 4.78 is 0. The molecule has 0 aromatic rings. The minimum atomic E-state index is -0.549. The van der Waals surface area contributed by atoms with Crippen LogP contribution in [0.25, 0.3) is 0 Å². The van der Waals surface area contributed by atoms with Crippen LogP contribution in [0.4, 0.5) is 0 Å².